The van der Waals surface area contributed by atoms with Crippen LogP contribution in [0.3, 0.4) is 0 Å². The molecular weight excluding hydrogens is 289 g/mol. The Labute approximate surface area is 121 Å². The van der Waals surface area contributed by atoms with Crippen LogP contribution in [-0.4, -0.2) is 25.0 Å². The Hall–Kier alpha value is -1.52. The SMILES string of the molecule is COC(=O)C(C)NC(=O)C=Cc1ccc(Cl)c(Cl)c1. The van der Waals surface area contributed by atoms with Crippen molar-refractivity contribution in [3.63, 3.8) is 0 Å². The summed E-state index contributed by atoms with van der Waals surface area (Å²) < 4.78 is 4.49. The molecule has 0 spiro atoms. The minimum absolute atomic E-state index is 0.399. The summed E-state index contributed by atoms with van der Waals surface area (Å²) in [5, 5.41) is 3.32. The Kier molecular flexibility index (Phi) is 5.86. The van der Waals surface area contributed by atoms with E-state index >= 15 is 0 Å². The van der Waals surface area contributed by atoms with Crippen LogP contribution in [0.4, 0.5) is 0 Å². The van der Waals surface area contributed by atoms with Crippen molar-refractivity contribution >= 4 is 41.2 Å². The molecule has 1 rings (SSSR count). The van der Waals surface area contributed by atoms with E-state index in [1.54, 1.807) is 24.3 Å². The predicted octanol–water partition coefficient (Wildman–Crippen LogP) is 2.68. The molecule has 0 aliphatic carbocycles. The topological polar surface area (TPSA) is 55.4 Å². The lowest BCUT2D eigenvalue weighted by molar-refractivity contribution is -0.144. The number of nitrogens with one attached hydrogen (secondary N) is 1. The van der Waals surface area contributed by atoms with Gasteiger partial charge in [0.2, 0.25) is 5.91 Å². The van der Waals surface area contributed by atoms with Gasteiger partial charge in [0.1, 0.15) is 6.04 Å². The van der Waals surface area contributed by atoms with Crippen molar-refractivity contribution in [3.05, 3.63) is 39.9 Å². The molecule has 0 saturated carbocycles. The van der Waals surface area contributed by atoms with E-state index in [-0.39, 0.29) is 0 Å². The highest BCUT2D eigenvalue weighted by Crippen LogP contribution is 2.22. The van der Waals surface area contributed by atoms with E-state index in [2.05, 4.69) is 10.1 Å². The zero-order chi connectivity index (χ0) is 14.4. The van der Waals surface area contributed by atoms with Crippen molar-refractivity contribution in [2.75, 3.05) is 7.11 Å². The summed E-state index contributed by atoms with van der Waals surface area (Å²) in [6.45, 7) is 1.54. The summed E-state index contributed by atoms with van der Waals surface area (Å²) in [5.74, 6) is -0.903. The molecule has 1 N–H and O–H groups in total. The maximum absolute atomic E-state index is 11.5. The molecule has 6 heteroatoms. The summed E-state index contributed by atoms with van der Waals surface area (Å²) in [4.78, 5) is 22.6. The van der Waals surface area contributed by atoms with Crippen molar-refractivity contribution < 1.29 is 14.3 Å². The zero-order valence-corrected chi connectivity index (χ0v) is 12.0. The number of halogens is 2. The van der Waals surface area contributed by atoms with Gasteiger partial charge in [0, 0.05) is 6.08 Å². The molecule has 0 saturated heterocycles. The van der Waals surface area contributed by atoms with Crippen LogP contribution in [0.5, 0.6) is 0 Å². The standard InChI is InChI=1S/C13H13Cl2NO3/c1-8(13(18)19-2)16-12(17)6-4-9-3-5-10(14)11(15)7-9/h3-8H,1-2H3,(H,16,17). The van der Waals surface area contributed by atoms with E-state index in [1.807, 2.05) is 0 Å². The van der Waals surface area contributed by atoms with E-state index < -0.39 is 17.9 Å². The third-order valence-corrected chi connectivity index (χ3v) is 3.02. The Morgan fingerprint density at radius 3 is 2.58 bits per heavy atom. The second-order valence-corrected chi connectivity index (χ2v) is 4.57. The molecule has 0 aromatic heterocycles. The number of ether oxygens (including phenoxy) is 1. The predicted molar refractivity (Wildman–Crippen MR) is 75.1 cm³/mol. The summed E-state index contributed by atoms with van der Waals surface area (Å²) in [5.41, 5.74) is 0.732. The van der Waals surface area contributed by atoms with Crippen molar-refractivity contribution in [3.8, 4) is 0 Å². The lowest BCUT2D eigenvalue weighted by Gasteiger charge is -2.09. The molecule has 0 radical (unpaired) electrons. The highest BCUT2D eigenvalue weighted by molar-refractivity contribution is 6.42. The van der Waals surface area contributed by atoms with Crippen LogP contribution in [0.15, 0.2) is 24.3 Å². The number of carbonyl (C=O) groups excluding carboxylic acids is 2. The van der Waals surface area contributed by atoms with Crippen molar-refractivity contribution in [2.24, 2.45) is 0 Å². The highest BCUT2D eigenvalue weighted by Gasteiger charge is 2.13. The fourth-order valence-corrected chi connectivity index (χ4v) is 1.59. The molecule has 102 valence electrons. The molecule has 4 nitrogen and oxygen atoms in total. The molecule has 0 aliphatic rings. The van der Waals surface area contributed by atoms with Gasteiger partial charge in [0.05, 0.1) is 17.2 Å². The fourth-order valence-electron chi connectivity index (χ4n) is 1.29. The van der Waals surface area contributed by atoms with Gasteiger partial charge < -0.3 is 10.1 Å². The van der Waals surface area contributed by atoms with E-state index in [0.717, 1.165) is 5.56 Å². The van der Waals surface area contributed by atoms with Crippen molar-refractivity contribution in [1.82, 2.24) is 5.32 Å². The molecule has 0 heterocycles. The molecule has 1 atom stereocenters. The summed E-state index contributed by atoms with van der Waals surface area (Å²) in [6.07, 6.45) is 2.88. The number of amides is 1. The zero-order valence-electron chi connectivity index (χ0n) is 10.4. The molecular formula is C13H13Cl2NO3. The highest BCUT2D eigenvalue weighted by atomic mass is 35.5. The molecule has 1 amide bonds. The molecule has 1 unspecified atom stereocenters. The maximum atomic E-state index is 11.5. The quantitative estimate of drug-likeness (QED) is 0.687. The van der Waals surface area contributed by atoms with Gasteiger partial charge >= 0.3 is 5.97 Å². The van der Waals surface area contributed by atoms with Crippen LogP contribution >= 0.6 is 23.2 Å². The average molecular weight is 302 g/mol. The van der Waals surface area contributed by atoms with Crippen LogP contribution in [0.2, 0.25) is 10.0 Å². The Morgan fingerprint density at radius 1 is 1.32 bits per heavy atom. The van der Waals surface area contributed by atoms with Crippen LogP contribution in [0, 0.1) is 0 Å². The fraction of sp³-hybridized carbons (Fsp3) is 0.231. The molecule has 1 aromatic rings. The smallest absolute Gasteiger partial charge is 0.328 e. The lowest BCUT2D eigenvalue weighted by Crippen LogP contribution is -2.38. The van der Waals surface area contributed by atoms with E-state index in [4.69, 9.17) is 23.2 Å². The Morgan fingerprint density at radius 2 is 2.00 bits per heavy atom. The molecule has 0 aliphatic heterocycles. The first-order valence-corrected chi connectivity index (χ1v) is 6.21. The second kappa shape index (κ2) is 7.16. The van der Waals surface area contributed by atoms with Gasteiger partial charge in [-0.25, -0.2) is 4.79 Å². The third kappa shape index (κ3) is 4.93. The number of esters is 1. The van der Waals surface area contributed by atoms with Crippen molar-refractivity contribution in [1.29, 1.82) is 0 Å². The van der Waals surface area contributed by atoms with Gasteiger partial charge in [-0.05, 0) is 30.7 Å². The minimum Gasteiger partial charge on any atom is -0.467 e. The van der Waals surface area contributed by atoms with Crippen molar-refractivity contribution in [2.45, 2.75) is 13.0 Å². The number of hydrogen-bond acceptors (Lipinski definition) is 3. The van der Waals surface area contributed by atoms with Crippen LogP contribution in [0.1, 0.15) is 12.5 Å². The van der Waals surface area contributed by atoms with Gasteiger partial charge in [-0.3, -0.25) is 4.79 Å². The first-order chi connectivity index (χ1) is 8.93. The van der Waals surface area contributed by atoms with E-state index in [9.17, 15) is 9.59 Å². The van der Waals surface area contributed by atoms with E-state index in [1.165, 1.54) is 20.1 Å². The summed E-state index contributed by atoms with van der Waals surface area (Å²) in [7, 11) is 1.26. The van der Waals surface area contributed by atoms with Crippen LogP contribution in [-0.2, 0) is 14.3 Å². The number of hydrogen-bond donors (Lipinski definition) is 1. The Bertz CT molecular complexity index is 515. The molecule has 0 bridgehead atoms. The molecule has 1 aromatic carbocycles. The first-order valence-electron chi connectivity index (χ1n) is 5.45. The normalized spacial score (nSPS) is 12.2. The van der Waals surface area contributed by atoms with Gasteiger partial charge in [-0.1, -0.05) is 29.3 Å². The number of rotatable bonds is 4. The van der Waals surface area contributed by atoms with Crippen LogP contribution in [0.25, 0.3) is 6.08 Å². The van der Waals surface area contributed by atoms with Gasteiger partial charge in [0.25, 0.3) is 0 Å². The van der Waals surface area contributed by atoms with Gasteiger partial charge in [0.15, 0.2) is 0 Å². The molecule has 0 fully saturated rings. The van der Waals surface area contributed by atoms with Gasteiger partial charge in [-0.2, -0.15) is 0 Å². The minimum atomic E-state index is -0.698. The first kappa shape index (κ1) is 15.5. The number of methoxy groups -OCH3 is 1. The maximum Gasteiger partial charge on any atom is 0.328 e. The lowest BCUT2D eigenvalue weighted by atomic mass is 10.2. The second-order valence-electron chi connectivity index (χ2n) is 3.76. The van der Waals surface area contributed by atoms with Crippen LogP contribution < -0.4 is 5.32 Å². The largest absolute Gasteiger partial charge is 0.467 e. The summed E-state index contributed by atoms with van der Waals surface area (Å²) >= 11 is 11.6. The summed E-state index contributed by atoms with van der Waals surface area (Å²) in [6, 6.07) is 4.30. The monoisotopic (exact) mass is 301 g/mol. The number of benzene rings is 1. The average Bonchev–Trinajstić information content (AvgIpc) is 2.39. The number of carbonyl (C=O) groups is 2. The van der Waals surface area contributed by atoms with E-state index in [0.29, 0.717) is 10.0 Å². The Balaban J connectivity index is 2.63. The molecule has 19 heavy (non-hydrogen) atoms. The third-order valence-electron chi connectivity index (χ3n) is 2.28. The van der Waals surface area contributed by atoms with Gasteiger partial charge in [-0.15, -0.1) is 0 Å².